The Morgan fingerprint density at radius 3 is 2.91 bits per heavy atom. The van der Waals surface area contributed by atoms with Crippen LogP contribution in [0.3, 0.4) is 0 Å². The number of hydrogen-bond donors (Lipinski definition) is 4. The maximum absolute atomic E-state index is 14.5. The molecule has 33 heavy (non-hydrogen) atoms. The minimum atomic E-state index is -0.292. The number of hydrogen-bond acceptors (Lipinski definition) is 7. The number of H-pyrrole nitrogens is 1. The van der Waals surface area contributed by atoms with Crippen molar-refractivity contribution in [2.24, 2.45) is 11.7 Å². The Morgan fingerprint density at radius 1 is 1.27 bits per heavy atom. The lowest BCUT2D eigenvalue weighted by atomic mass is 9.76. The Balaban J connectivity index is 1.50. The van der Waals surface area contributed by atoms with Gasteiger partial charge in [0.25, 0.3) is 0 Å². The van der Waals surface area contributed by atoms with Gasteiger partial charge in [-0.25, -0.2) is 4.39 Å². The van der Waals surface area contributed by atoms with E-state index in [4.69, 9.17) is 15.7 Å². The molecule has 4 aromatic rings. The fourth-order valence-corrected chi connectivity index (χ4v) is 5.43. The first kappa shape index (κ1) is 20.2. The molecule has 3 atom stereocenters. The largest absolute Gasteiger partial charge is 0.386 e. The van der Waals surface area contributed by atoms with Gasteiger partial charge in [-0.05, 0) is 48.9 Å². The van der Waals surface area contributed by atoms with E-state index in [0.29, 0.717) is 35.8 Å². The van der Waals surface area contributed by atoms with E-state index in [2.05, 4.69) is 25.5 Å². The fraction of sp³-hybridized carbons (Fsp3) is 0.375. The van der Waals surface area contributed by atoms with E-state index in [-0.39, 0.29) is 11.9 Å². The van der Waals surface area contributed by atoms with Crippen molar-refractivity contribution >= 4 is 39.4 Å². The number of fused-ring (bicyclic) bond motifs is 6. The van der Waals surface area contributed by atoms with Gasteiger partial charge >= 0.3 is 0 Å². The van der Waals surface area contributed by atoms with Crippen LogP contribution in [0.25, 0.3) is 21.9 Å². The molecule has 2 aliphatic heterocycles. The first-order valence-corrected chi connectivity index (χ1v) is 11.5. The second-order valence-corrected chi connectivity index (χ2v) is 9.10. The van der Waals surface area contributed by atoms with Crippen molar-refractivity contribution in [3.63, 3.8) is 0 Å². The van der Waals surface area contributed by atoms with Gasteiger partial charge in [-0.1, -0.05) is 6.07 Å². The number of pyridine rings is 1. The highest BCUT2D eigenvalue weighted by Crippen LogP contribution is 2.42. The van der Waals surface area contributed by atoms with Gasteiger partial charge in [0.2, 0.25) is 5.95 Å². The predicted molar refractivity (Wildman–Crippen MR) is 129 cm³/mol. The topological polar surface area (TPSA) is 108 Å². The summed E-state index contributed by atoms with van der Waals surface area (Å²) in [5, 5.41) is 8.08. The molecular weight excluding hydrogens is 419 g/mol. The van der Waals surface area contributed by atoms with Crippen LogP contribution >= 0.6 is 0 Å². The Morgan fingerprint density at radius 2 is 2.18 bits per heavy atom. The number of halogens is 1. The number of nitrogens with one attached hydrogen (secondary N) is 3. The third-order valence-electron chi connectivity index (χ3n) is 7.11. The molecule has 7 rings (SSSR count). The lowest BCUT2D eigenvalue weighted by molar-refractivity contribution is 0.216. The van der Waals surface area contributed by atoms with Crippen molar-refractivity contribution in [3.05, 3.63) is 48.0 Å². The highest BCUT2D eigenvalue weighted by Gasteiger charge is 2.40. The van der Waals surface area contributed by atoms with Crippen molar-refractivity contribution in [2.75, 3.05) is 29.1 Å². The van der Waals surface area contributed by atoms with Gasteiger partial charge < -0.3 is 26.3 Å². The number of rotatable bonds is 5. The minimum absolute atomic E-state index is 0.233. The van der Waals surface area contributed by atoms with Gasteiger partial charge in [-0.3, -0.25) is 4.98 Å². The summed E-state index contributed by atoms with van der Waals surface area (Å²) in [6.07, 6.45) is 6.77. The molecule has 0 spiro atoms. The third kappa shape index (κ3) is 3.43. The van der Waals surface area contributed by atoms with E-state index in [0.717, 1.165) is 53.5 Å². The molecule has 2 unspecified atom stereocenters. The molecule has 1 saturated carbocycles. The van der Waals surface area contributed by atoms with E-state index in [1.54, 1.807) is 19.3 Å². The standard InChI is InChI=1S/C24H27FN8/c1-27-19-8-15(25)7-17-20-22(30-21(17)19)31-24(29-11-13-3-2-6-28-10-13)32-23(20)33-12-14-4-5-16(33)9-18(14)26/h2-3,6-8,10,14,16,18,27H,4-5,9,11-12,26H2,1H3,(H2,29,30,31,32)/t14?,16?,18-/m1/s1. The molecule has 5 N–H and O–H groups in total. The monoisotopic (exact) mass is 446 g/mol. The zero-order valence-electron chi connectivity index (χ0n) is 18.5. The Hall–Kier alpha value is -3.46. The van der Waals surface area contributed by atoms with Crippen molar-refractivity contribution in [2.45, 2.75) is 37.9 Å². The Labute approximate surface area is 190 Å². The summed E-state index contributed by atoms with van der Waals surface area (Å²) < 4.78 is 14.5. The normalized spacial score (nSPS) is 22.3. The van der Waals surface area contributed by atoms with Crippen LogP contribution in [-0.2, 0) is 6.54 Å². The second kappa shape index (κ2) is 7.84. The van der Waals surface area contributed by atoms with E-state index in [1.807, 2.05) is 18.3 Å². The number of nitrogens with zero attached hydrogens (tertiary/aromatic N) is 4. The average molecular weight is 447 g/mol. The minimum Gasteiger partial charge on any atom is -0.386 e. The number of benzene rings is 1. The highest BCUT2D eigenvalue weighted by atomic mass is 19.1. The molecule has 1 aliphatic carbocycles. The quantitative estimate of drug-likeness (QED) is 0.371. The summed E-state index contributed by atoms with van der Waals surface area (Å²) in [5.41, 5.74) is 9.66. The van der Waals surface area contributed by atoms with Crippen LogP contribution in [0.2, 0.25) is 0 Å². The average Bonchev–Trinajstić information content (AvgIpc) is 3.21. The molecule has 9 heteroatoms. The summed E-state index contributed by atoms with van der Waals surface area (Å²) >= 11 is 0. The maximum atomic E-state index is 14.5. The SMILES string of the molecule is CNc1cc(F)cc2c1[nH]c1nc(NCc3cccnc3)nc(N3CC4CCC3C[C@H]4N)c12. The van der Waals surface area contributed by atoms with E-state index < -0.39 is 0 Å². The van der Waals surface area contributed by atoms with Crippen molar-refractivity contribution in [1.29, 1.82) is 0 Å². The van der Waals surface area contributed by atoms with Gasteiger partial charge in [0.15, 0.2) is 0 Å². The molecule has 0 radical (unpaired) electrons. The molecule has 1 aromatic carbocycles. The van der Waals surface area contributed by atoms with Crippen molar-refractivity contribution in [1.82, 2.24) is 19.9 Å². The van der Waals surface area contributed by atoms with Crippen LogP contribution < -0.4 is 21.3 Å². The van der Waals surface area contributed by atoms with Crippen LogP contribution in [0.15, 0.2) is 36.7 Å². The van der Waals surface area contributed by atoms with Gasteiger partial charge in [0.1, 0.15) is 17.3 Å². The summed E-state index contributed by atoms with van der Waals surface area (Å²) in [6.45, 7) is 1.42. The molecule has 0 amide bonds. The van der Waals surface area contributed by atoms with Crippen LogP contribution in [0.5, 0.6) is 0 Å². The van der Waals surface area contributed by atoms with Gasteiger partial charge in [0.05, 0.1) is 16.6 Å². The Kier molecular flexibility index (Phi) is 4.79. The zero-order valence-corrected chi connectivity index (χ0v) is 18.5. The summed E-state index contributed by atoms with van der Waals surface area (Å²) in [6, 6.07) is 7.54. The van der Waals surface area contributed by atoms with E-state index >= 15 is 0 Å². The summed E-state index contributed by atoms with van der Waals surface area (Å²) in [4.78, 5) is 19.7. The number of piperidine rings is 2. The van der Waals surface area contributed by atoms with Gasteiger partial charge in [0, 0.05) is 50.0 Å². The fourth-order valence-electron chi connectivity index (χ4n) is 5.43. The van der Waals surface area contributed by atoms with E-state index in [1.165, 1.54) is 6.07 Å². The van der Waals surface area contributed by atoms with Crippen LogP contribution in [-0.4, -0.2) is 45.6 Å². The second-order valence-electron chi connectivity index (χ2n) is 9.10. The first-order valence-electron chi connectivity index (χ1n) is 11.5. The third-order valence-corrected chi connectivity index (χ3v) is 7.11. The Bertz CT molecular complexity index is 1320. The number of aromatic amines is 1. The molecule has 3 aliphatic rings. The maximum Gasteiger partial charge on any atom is 0.226 e. The van der Waals surface area contributed by atoms with Gasteiger partial charge in [-0.15, -0.1) is 0 Å². The lowest BCUT2D eigenvalue weighted by Crippen LogP contribution is -2.57. The van der Waals surface area contributed by atoms with Crippen LogP contribution in [0, 0.1) is 11.7 Å². The first-order chi connectivity index (χ1) is 16.1. The zero-order chi connectivity index (χ0) is 22.5. The lowest BCUT2D eigenvalue weighted by Gasteiger charge is -2.49. The molecular formula is C24H27FN8. The van der Waals surface area contributed by atoms with Gasteiger partial charge in [-0.2, -0.15) is 9.97 Å². The number of aromatic nitrogens is 4. The molecule has 3 fully saturated rings. The summed E-state index contributed by atoms with van der Waals surface area (Å²) in [5.74, 6) is 1.53. The number of nitrogens with two attached hydrogens (primary N) is 1. The highest BCUT2D eigenvalue weighted by molar-refractivity contribution is 6.14. The molecule has 2 saturated heterocycles. The predicted octanol–water partition coefficient (Wildman–Crippen LogP) is 3.62. The molecule has 170 valence electrons. The van der Waals surface area contributed by atoms with Crippen molar-refractivity contribution < 1.29 is 4.39 Å². The molecule has 2 bridgehead atoms. The summed E-state index contributed by atoms with van der Waals surface area (Å²) in [7, 11) is 1.79. The van der Waals surface area contributed by atoms with E-state index in [9.17, 15) is 4.39 Å². The molecule has 3 aromatic heterocycles. The number of anilines is 3. The molecule has 5 heterocycles. The van der Waals surface area contributed by atoms with Crippen LogP contribution in [0.1, 0.15) is 24.8 Å². The van der Waals surface area contributed by atoms with Crippen LogP contribution in [0.4, 0.5) is 21.8 Å². The molecule has 8 nitrogen and oxygen atoms in total. The smallest absolute Gasteiger partial charge is 0.226 e. The van der Waals surface area contributed by atoms with Crippen molar-refractivity contribution in [3.8, 4) is 0 Å².